The highest BCUT2D eigenvalue weighted by Gasteiger charge is 2.44. The maximum atomic E-state index is 13.7. The molecule has 0 spiro atoms. The van der Waals surface area contributed by atoms with Gasteiger partial charge >= 0.3 is 0 Å². The molecule has 0 aliphatic heterocycles. The lowest BCUT2D eigenvalue weighted by Crippen LogP contribution is -2.30. The number of nitrogens with zero attached hydrogens (tertiary/aromatic N) is 5. The molecular formula is C19H21F2N7O3. The van der Waals surface area contributed by atoms with Gasteiger partial charge in [0.25, 0.3) is 11.8 Å². The first-order valence-corrected chi connectivity index (χ1v) is 9.87. The molecule has 0 saturated heterocycles. The van der Waals surface area contributed by atoms with Crippen molar-refractivity contribution in [2.75, 3.05) is 0 Å². The van der Waals surface area contributed by atoms with Gasteiger partial charge in [0.2, 0.25) is 5.91 Å². The number of nitrogens with one attached hydrogen (secondary N) is 2. The molecule has 0 bridgehead atoms. The number of hydrogen-bond acceptors (Lipinski definition) is 7. The number of carbonyl (C=O) groups excluding carboxylic acids is 2. The SMILES string of the molecule is Cc1nonc1C(=O)NCc1cn2ncc(CNC(=O)CC3CCCC3(F)F)cc2n1. The molecule has 3 heterocycles. The van der Waals surface area contributed by atoms with Crippen LogP contribution >= 0.6 is 0 Å². The van der Waals surface area contributed by atoms with Crippen LogP contribution in [0.5, 0.6) is 0 Å². The van der Waals surface area contributed by atoms with Gasteiger partial charge < -0.3 is 10.6 Å². The summed E-state index contributed by atoms with van der Waals surface area (Å²) in [5.41, 5.74) is 2.27. The Labute approximate surface area is 175 Å². The van der Waals surface area contributed by atoms with Crippen molar-refractivity contribution < 1.29 is 23.0 Å². The van der Waals surface area contributed by atoms with E-state index in [-0.39, 0.29) is 31.6 Å². The van der Waals surface area contributed by atoms with Crippen LogP contribution in [-0.4, -0.2) is 42.6 Å². The fraction of sp³-hybridized carbons (Fsp3) is 0.474. The number of aromatic nitrogens is 5. The number of aryl methyl sites for hydroxylation is 1. The first-order valence-electron chi connectivity index (χ1n) is 9.87. The van der Waals surface area contributed by atoms with Crippen molar-refractivity contribution in [3.63, 3.8) is 0 Å². The van der Waals surface area contributed by atoms with E-state index in [1.807, 2.05) is 0 Å². The summed E-state index contributed by atoms with van der Waals surface area (Å²) < 4.78 is 33.4. The molecule has 31 heavy (non-hydrogen) atoms. The van der Waals surface area contributed by atoms with Gasteiger partial charge in [0.1, 0.15) is 5.69 Å². The number of amides is 2. The van der Waals surface area contributed by atoms with Gasteiger partial charge in [0.15, 0.2) is 11.3 Å². The van der Waals surface area contributed by atoms with E-state index in [9.17, 15) is 18.4 Å². The largest absolute Gasteiger partial charge is 0.352 e. The van der Waals surface area contributed by atoms with Crippen molar-refractivity contribution in [1.82, 2.24) is 35.5 Å². The molecular weight excluding hydrogens is 412 g/mol. The Morgan fingerprint density at radius 1 is 1.29 bits per heavy atom. The molecule has 12 heteroatoms. The number of rotatable bonds is 7. The number of halogens is 2. The highest BCUT2D eigenvalue weighted by atomic mass is 19.3. The molecule has 1 aliphatic rings. The zero-order valence-corrected chi connectivity index (χ0v) is 16.8. The monoisotopic (exact) mass is 433 g/mol. The minimum absolute atomic E-state index is 0.107. The number of alkyl halides is 2. The second-order valence-electron chi connectivity index (χ2n) is 7.61. The van der Waals surface area contributed by atoms with E-state index in [2.05, 4.69) is 35.7 Å². The normalized spacial score (nSPS) is 17.7. The third-order valence-electron chi connectivity index (χ3n) is 5.31. The minimum Gasteiger partial charge on any atom is -0.352 e. The smallest absolute Gasteiger partial charge is 0.275 e. The molecule has 0 radical (unpaired) electrons. The molecule has 1 atom stereocenters. The van der Waals surface area contributed by atoms with Gasteiger partial charge in [-0.3, -0.25) is 9.59 Å². The average molecular weight is 433 g/mol. The molecule has 0 aromatic carbocycles. The van der Waals surface area contributed by atoms with Gasteiger partial charge in [-0.15, -0.1) is 0 Å². The Bertz CT molecular complexity index is 1110. The molecule has 2 N–H and O–H groups in total. The molecule has 3 aromatic heterocycles. The molecule has 2 amide bonds. The van der Waals surface area contributed by atoms with E-state index in [4.69, 9.17) is 0 Å². The van der Waals surface area contributed by atoms with Crippen molar-refractivity contribution in [3.05, 3.63) is 41.1 Å². The molecule has 4 rings (SSSR count). The van der Waals surface area contributed by atoms with Gasteiger partial charge in [-0.25, -0.2) is 22.9 Å². The standard InChI is InChI=1S/C19H21F2N7O3/c1-11-17(27-31-26-11)18(30)23-9-14-10-28-15(25-14)5-12(8-24-28)7-22-16(29)6-13-3-2-4-19(13,20)21/h5,8,10,13H,2-4,6-7,9H2,1H3,(H,22,29)(H,23,30). The maximum Gasteiger partial charge on any atom is 0.275 e. The van der Waals surface area contributed by atoms with Crippen LogP contribution in [0.3, 0.4) is 0 Å². The highest BCUT2D eigenvalue weighted by Crippen LogP contribution is 2.42. The van der Waals surface area contributed by atoms with Gasteiger partial charge in [-0.1, -0.05) is 5.16 Å². The minimum atomic E-state index is -2.76. The van der Waals surface area contributed by atoms with Crippen LogP contribution in [0.25, 0.3) is 5.65 Å². The molecule has 164 valence electrons. The van der Waals surface area contributed by atoms with Crippen LogP contribution in [0.4, 0.5) is 8.78 Å². The predicted octanol–water partition coefficient (Wildman–Crippen LogP) is 1.79. The van der Waals surface area contributed by atoms with Crippen LogP contribution in [0.15, 0.2) is 23.1 Å². The van der Waals surface area contributed by atoms with E-state index in [0.29, 0.717) is 35.4 Å². The van der Waals surface area contributed by atoms with Crippen LogP contribution in [-0.2, 0) is 17.9 Å². The number of fused-ring (bicyclic) bond motifs is 1. The average Bonchev–Trinajstić information content (AvgIpc) is 3.42. The van der Waals surface area contributed by atoms with Gasteiger partial charge in [-0.05, 0) is 36.6 Å². The lowest BCUT2D eigenvalue weighted by atomic mass is 10.0. The molecule has 1 unspecified atom stereocenters. The maximum absolute atomic E-state index is 13.7. The fourth-order valence-electron chi connectivity index (χ4n) is 3.59. The van der Waals surface area contributed by atoms with E-state index in [1.165, 1.54) is 4.52 Å². The van der Waals surface area contributed by atoms with Gasteiger partial charge in [-0.2, -0.15) is 5.10 Å². The summed E-state index contributed by atoms with van der Waals surface area (Å²) in [6.07, 6.45) is 3.71. The van der Waals surface area contributed by atoms with Crippen molar-refractivity contribution in [2.24, 2.45) is 5.92 Å². The zero-order chi connectivity index (χ0) is 22.0. The summed E-state index contributed by atoms with van der Waals surface area (Å²) in [6, 6.07) is 1.73. The summed E-state index contributed by atoms with van der Waals surface area (Å²) in [4.78, 5) is 28.5. The van der Waals surface area contributed by atoms with Crippen LogP contribution < -0.4 is 10.6 Å². The second kappa shape index (κ2) is 8.36. The molecule has 1 saturated carbocycles. The molecule has 3 aromatic rings. The highest BCUT2D eigenvalue weighted by molar-refractivity contribution is 5.92. The van der Waals surface area contributed by atoms with Crippen LogP contribution in [0.2, 0.25) is 0 Å². The summed E-state index contributed by atoms with van der Waals surface area (Å²) in [7, 11) is 0. The first-order chi connectivity index (χ1) is 14.8. The van der Waals surface area contributed by atoms with Crippen molar-refractivity contribution >= 4 is 17.5 Å². The predicted molar refractivity (Wildman–Crippen MR) is 102 cm³/mol. The third-order valence-corrected chi connectivity index (χ3v) is 5.31. The number of hydrogen-bond donors (Lipinski definition) is 2. The first kappa shape index (κ1) is 20.8. The van der Waals surface area contributed by atoms with Gasteiger partial charge in [0, 0.05) is 25.3 Å². The quantitative estimate of drug-likeness (QED) is 0.581. The lowest BCUT2D eigenvalue weighted by molar-refractivity contribution is -0.125. The van der Waals surface area contributed by atoms with E-state index in [0.717, 1.165) is 0 Å². The molecule has 1 fully saturated rings. The van der Waals surface area contributed by atoms with Gasteiger partial charge in [0.05, 0.1) is 24.6 Å². The summed E-state index contributed by atoms with van der Waals surface area (Å²) >= 11 is 0. The van der Waals surface area contributed by atoms with E-state index in [1.54, 1.807) is 25.4 Å². The van der Waals surface area contributed by atoms with E-state index < -0.39 is 23.7 Å². The number of imidazole rings is 1. The van der Waals surface area contributed by atoms with Crippen LogP contribution in [0, 0.1) is 12.8 Å². The third kappa shape index (κ3) is 4.67. The van der Waals surface area contributed by atoms with E-state index >= 15 is 0 Å². The van der Waals surface area contributed by atoms with Crippen molar-refractivity contribution in [3.8, 4) is 0 Å². The Hall–Kier alpha value is -3.44. The Morgan fingerprint density at radius 2 is 2.13 bits per heavy atom. The second-order valence-corrected chi connectivity index (χ2v) is 7.61. The number of carbonyl (C=O) groups is 2. The summed E-state index contributed by atoms with van der Waals surface area (Å²) in [5.74, 6) is -4.49. The molecule has 1 aliphatic carbocycles. The summed E-state index contributed by atoms with van der Waals surface area (Å²) in [5, 5.41) is 16.7. The zero-order valence-electron chi connectivity index (χ0n) is 16.8. The fourth-order valence-corrected chi connectivity index (χ4v) is 3.59. The lowest BCUT2D eigenvalue weighted by Gasteiger charge is -2.18. The topological polar surface area (TPSA) is 127 Å². The Balaban J connectivity index is 1.32. The summed E-state index contributed by atoms with van der Waals surface area (Å²) in [6.45, 7) is 1.92. The van der Waals surface area contributed by atoms with Crippen molar-refractivity contribution in [2.45, 2.75) is 51.6 Å². The van der Waals surface area contributed by atoms with Crippen molar-refractivity contribution in [1.29, 1.82) is 0 Å². The molecule has 10 nitrogen and oxygen atoms in total. The Morgan fingerprint density at radius 3 is 2.84 bits per heavy atom. The Kier molecular flexibility index (Phi) is 5.61. The van der Waals surface area contributed by atoms with Crippen LogP contribution in [0.1, 0.15) is 53.1 Å².